The maximum Gasteiger partial charge on any atom is 0.224 e. The molecule has 3 N–H and O–H groups in total. The van der Waals surface area contributed by atoms with Gasteiger partial charge in [0.15, 0.2) is 0 Å². The summed E-state index contributed by atoms with van der Waals surface area (Å²) < 4.78 is 5.53. The smallest absolute Gasteiger partial charge is 0.224 e. The number of aryl methyl sites for hydroxylation is 1. The first kappa shape index (κ1) is 18.2. The number of aromatic nitrogens is 4. The fourth-order valence-corrected chi connectivity index (χ4v) is 3.86. The first-order valence-electron chi connectivity index (χ1n) is 9.82. The molecule has 27 heavy (non-hydrogen) atoms. The van der Waals surface area contributed by atoms with Gasteiger partial charge in [0, 0.05) is 37.9 Å². The summed E-state index contributed by atoms with van der Waals surface area (Å²) in [5, 5.41) is 20.0. The van der Waals surface area contributed by atoms with E-state index in [2.05, 4.69) is 36.4 Å². The number of aliphatic hydroxyl groups is 1. The van der Waals surface area contributed by atoms with Gasteiger partial charge in [-0.1, -0.05) is 0 Å². The number of aliphatic hydroxyl groups excluding tert-OH is 1. The number of nitrogens with zero attached hydrogens (tertiary/aromatic N) is 4. The van der Waals surface area contributed by atoms with Gasteiger partial charge < -0.3 is 20.1 Å². The van der Waals surface area contributed by atoms with E-state index >= 15 is 0 Å². The molecule has 1 aliphatic heterocycles. The number of fused-ring (bicyclic) bond motifs is 1. The molecule has 2 aromatic heterocycles. The number of H-pyrrole nitrogens is 1. The molecule has 146 valence electrons. The molecule has 0 spiro atoms. The maximum atomic E-state index is 9.11. The summed E-state index contributed by atoms with van der Waals surface area (Å²) in [4.78, 5) is 11.4. The van der Waals surface area contributed by atoms with E-state index in [1.807, 2.05) is 7.05 Å². The Labute approximate surface area is 159 Å². The molecule has 1 saturated heterocycles. The quantitative estimate of drug-likeness (QED) is 0.679. The number of anilines is 2. The molecule has 0 amide bonds. The molecule has 2 aromatic rings. The molecule has 3 heterocycles. The molecule has 1 fully saturated rings. The SMILES string of the molecule is CN(Cc1n[nH]c2c1CCCC2)c1cc(C2CCOC2)nc(NCCO)n1. The predicted molar refractivity (Wildman–Crippen MR) is 103 cm³/mol. The summed E-state index contributed by atoms with van der Waals surface area (Å²) in [7, 11) is 2.04. The van der Waals surface area contributed by atoms with Crippen LogP contribution in [0.1, 0.15) is 47.8 Å². The van der Waals surface area contributed by atoms with E-state index in [4.69, 9.17) is 9.84 Å². The van der Waals surface area contributed by atoms with Crippen LogP contribution in [0.15, 0.2) is 6.07 Å². The number of hydrogen-bond acceptors (Lipinski definition) is 7. The molecule has 0 radical (unpaired) electrons. The molecule has 1 unspecified atom stereocenters. The lowest BCUT2D eigenvalue weighted by Crippen LogP contribution is -2.21. The summed E-state index contributed by atoms with van der Waals surface area (Å²) in [6.45, 7) is 2.67. The minimum atomic E-state index is 0.0463. The van der Waals surface area contributed by atoms with Gasteiger partial charge in [0.05, 0.1) is 31.1 Å². The second-order valence-corrected chi connectivity index (χ2v) is 7.38. The number of hydrogen-bond donors (Lipinski definition) is 3. The van der Waals surface area contributed by atoms with Crippen LogP contribution < -0.4 is 10.2 Å². The molecule has 4 rings (SSSR count). The zero-order valence-corrected chi connectivity index (χ0v) is 15.9. The van der Waals surface area contributed by atoms with Crippen LogP contribution in [-0.2, 0) is 24.1 Å². The highest BCUT2D eigenvalue weighted by atomic mass is 16.5. The predicted octanol–water partition coefficient (Wildman–Crippen LogP) is 1.62. The monoisotopic (exact) mass is 372 g/mol. The first-order chi connectivity index (χ1) is 13.2. The van der Waals surface area contributed by atoms with E-state index in [1.54, 1.807) is 0 Å². The van der Waals surface area contributed by atoms with Crippen molar-refractivity contribution in [2.75, 3.05) is 43.6 Å². The van der Waals surface area contributed by atoms with Crippen molar-refractivity contribution < 1.29 is 9.84 Å². The number of aromatic amines is 1. The highest BCUT2D eigenvalue weighted by Crippen LogP contribution is 2.28. The summed E-state index contributed by atoms with van der Waals surface area (Å²) in [6, 6.07) is 2.06. The summed E-state index contributed by atoms with van der Waals surface area (Å²) in [6.07, 6.45) is 5.65. The van der Waals surface area contributed by atoms with Gasteiger partial charge in [0.1, 0.15) is 5.82 Å². The fourth-order valence-electron chi connectivity index (χ4n) is 3.86. The van der Waals surface area contributed by atoms with Crippen molar-refractivity contribution in [3.8, 4) is 0 Å². The minimum Gasteiger partial charge on any atom is -0.395 e. The Kier molecular flexibility index (Phi) is 5.54. The Balaban J connectivity index is 1.57. The molecule has 1 atom stereocenters. The Morgan fingerprint density at radius 1 is 1.33 bits per heavy atom. The molecule has 1 aliphatic carbocycles. The van der Waals surface area contributed by atoms with Gasteiger partial charge in [-0.15, -0.1) is 0 Å². The third-order valence-electron chi connectivity index (χ3n) is 5.40. The van der Waals surface area contributed by atoms with E-state index in [1.165, 1.54) is 24.1 Å². The van der Waals surface area contributed by atoms with Crippen LogP contribution >= 0.6 is 0 Å². The average Bonchev–Trinajstić information content (AvgIpc) is 3.37. The second kappa shape index (κ2) is 8.22. The minimum absolute atomic E-state index is 0.0463. The fraction of sp³-hybridized carbons (Fsp3) is 0.632. The van der Waals surface area contributed by atoms with Crippen molar-refractivity contribution in [2.45, 2.75) is 44.6 Å². The van der Waals surface area contributed by atoms with Crippen LogP contribution in [0.2, 0.25) is 0 Å². The highest BCUT2D eigenvalue weighted by molar-refractivity contribution is 5.46. The van der Waals surface area contributed by atoms with Crippen LogP contribution in [0, 0.1) is 0 Å². The summed E-state index contributed by atoms with van der Waals surface area (Å²) >= 11 is 0. The molecule has 0 saturated carbocycles. The third-order valence-corrected chi connectivity index (χ3v) is 5.40. The maximum absolute atomic E-state index is 9.11. The van der Waals surface area contributed by atoms with Gasteiger partial charge >= 0.3 is 0 Å². The van der Waals surface area contributed by atoms with Gasteiger partial charge in [0.25, 0.3) is 0 Å². The van der Waals surface area contributed by atoms with Crippen LogP contribution in [-0.4, -0.2) is 58.7 Å². The third kappa shape index (κ3) is 4.06. The molecule has 0 bridgehead atoms. The molecule has 0 aromatic carbocycles. The van der Waals surface area contributed by atoms with Crippen LogP contribution in [0.3, 0.4) is 0 Å². The first-order valence-corrected chi connectivity index (χ1v) is 9.82. The molecule has 8 heteroatoms. The van der Waals surface area contributed by atoms with E-state index in [0.29, 0.717) is 31.6 Å². The number of rotatable bonds is 7. The summed E-state index contributed by atoms with van der Waals surface area (Å²) in [5.74, 6) is 1.72. The molecule has 2 aliphatic rings. The zero-order valence-electron chi connectivity index (χ0n) is 15.9. The van der Waals surface area contributed by atoms with E-state index in [9.17, 15) is 0 Å². The van der Waals surface area contributed by atoms with Crippen molar-refractivity contribution in [3.63, 3.8) is 0 Å². The second-order valence-electron chi connectivity index (χ2n) is 7.38. The van der Waals surface area contributed by atoms with Gasteiger partial charge in [-0.3, -0.25) is 5.10 Å². The highest BCUT2D eigenvalue weighted by Gasteiger charge is 2.23. The van der Waals surface area contributed by atoms with Gasteiger partial charge in [0.2, 0.25) is 5.95 Å². The largest absolute Gasteiger partial charge is 0.395 e. The van der Waals surface area contributed by atoms with Crippen molar-refractivity contribution in [1.29, 1.82) is 0 Å². The zero-order chi connectivity index (χ0) is 18.6. The van der Waals surface area contributed by atoms with E-state index in [-0.39, 0.29) is 6.61 Å². The van der Waals surface area contributed by atoms with Gasteiger partial charge in [-0.05, 0) is 37.7 Å². The number of nitrogens with one attached hydrogen (secondary N) is 2. The van der Waals surface area contributed by atoms with Crippen LogP contribution in [0.4, 0.5) is 11.8 Å². The average molecular weight is 372 g/mol. The lowest BCUT2D eigenvalue weighted by atomic mass is 9.96. The van der Waals surface area contributed by atoms with Crippen molar-refractivity contribution in [3.05, 3.63) is 28.7 Å². The Morgan fingerprint density at radius 2 is 2.22 bits per heavy atom. The Morgan fingerprint density at radius 3 is 3.04 bits per heavy atom. The van der Waals surface area contributed by atoms with Gasteiger partial charge in [-0.25, -0.2) is 4.98 Å². The molecular weight excluding hydrogens is 344 g/mol. The van der Waals surface area contributed by atoms with Crippen molar-refractivity contribution >= 4 is 11.8 Å². The lowest BCUT2D eigenvalue weighted by molar-refractivity contribution is 0.193. The topological polar surface area (TPSA) is 99.2 Å². The Bertz CT molecular complexity index is 772. The number of ether oxygens (including phenoxy) is 1. The van der Waals surface area contributed by atoms with E-state index < -0.39 is 0 Å². The van der Waals surface area contributed by atoms with Crippen LogP contribution in [0.5, 0.6) is 0 Å². The lowest BCUT2D eigenvalue weighted by Gasteiger charge is -2.21. The summed E-state index contributed by atoms with van der Waals surface area (Å²) in [5.41, 5.74) is 4.78. The van der Waals surface area contributed by atoms with Crippen LogP contribution in [0.25, 0.3) is 0 Å². The van der Waals surface area contributed by atoms with Gasteiger partial charge in [-0.2, -0.15) is 10.1 Å². The molecular formula is C19H28N6O2. The normalized spacial score (nSPS) is 19.1. The van der Waals surface area contributed by atoms with Crippen molar-refractivity contribution in [1.82, 2.24) is 20.2 Å². The molecule has 8 nitrogen and oxygen atoms in total. The van der Waals surface area contributed by atoms with E-state index in [0.717, 1.165) is 43.1 Å². The Hall–Kier alpha value is -2.19. The van der Waals surface area contributed by atoms with Crippen molar-refractivity contribution in [2.24, 2.45) is 0 Å². The standard InChI is InChI=1S/C19H28N6O2/c1-25(11-17-14-4-2-3-5-15(14)23-24-17)18-10-16(13-6-9-27-12-13)21-19(22-18)20-7-8-26/h10,13,26H,2-9,11-12H2,1H3,(H,23,24)(H,20,21,22).